The molecule has 4 heteroatoms. The van der Waals surface area contributed by atoms with Gasteiger partial charge in [-0.1, -0.05) is 0 Å². The first-order valence-corrected chi connectivity index (χ1v) is 14.3. The average Bonchev–Trinajstić information content (AvgIpc) is 2.94. The summed E-state index contributed by atoms with van der Waals surface area (Å²) >= 11 is 0. The van der Waals surface area contributed by atoms with Gasteiger partial charge in [0, 0.05) is 0 Å². The van der Waals surface area contributed by atoms with E-state index < -0.39 is 18.3 Å². The van der Waals surface area contributed by atoms with Crippen molar-refractivity contribution in [3.05, 3.63) is 157 Å². The van der Waals surface area contributed by atoms with Gasteiger partial charge in [0.05, 0.1) is 0 Å². The summed E-state index contributed by atoms with van der Waals surface area (Å²) in [5.41, 5.74) is 0.489. The zero-order valence-electron chi connectivity index (χ0n) is 19.6. The SMILES string of the molecule is FC(F)(F)c1ccc(P(Cc2ccccc2)(c2ccccc2)(c2ccccc2)c2ccccc2)cc1. The van der Waals surface area contributed by atoms with E-state index in [1.54, 1.807) is 12.1 Å². The third-order valence-electron chi connectivity index (χ3n) is 7.08. The third kappa shape index (κ3) is 3.85. The van der Waals surface area contributed by atoms with E-state index in [1.807, 2.05) is 72.8 Å². The van der Waals surface area contributed by atoms with Crippen LogP contribution in [0, 0.1) is 0 Å². The van der Waals surface area contributed by atoms with Crippen LogP contribution in [0.1, 0.15) is 11.1 Å². The summed E-state index contributed by atoms with van der Waals surface area (Å²) < 4.78 is 40.9. The second-order valence-corrected chi connectivity index (χ2v) is 14.0. The fraction of sp³-hybridized carbons (Fsp3) is 0.0625. The van der Waals surface area contributed by atoms with Crippen molar-refractivity contribution < 1.29 is 13.2 Å². The summed E-state index contributed by atoms with van der Waals surface area (Å²) in [6.07, 6.45) is -3.75. The van der Waals surface area contributed by atoms with E-state index >= 15 is 0 Å². The van der Waals surface area contributed by atoms with Gasteiger partial charge in [-0.15, -0.1) is 0 Å². The average molecular weight is 499 g/mol. The van der Waals surface area contributed by atoms with Crippen molar-refractivity contribution in [3.63, 3.8) is 0 Å². The molecule has 0 nitrogen and oxygen atoms in total. The Kier molecular flexibility index (Phi) is 6.28. The van der Waals surface area contributed by atoms with Gasteiger partial charge in [0.1, 0.15) is 0 Å². The quantitative estimate of drug-likeness (QED) is 0.220. The van der Waals surface area contributed by atoms with Crippen LogP contribution in [0.15, 0.2) is 146 Å². The van der Waals surface area contributed by atoms with E-state index in [4.69, 9.17) is 0 Å². The molecule has 36 heavy (non-hydrogen) atoms. The number of rotatable bonds is 6. The molecule has 0 unspecified atom stereocenters. The molecule has 5 aromatic rings. The molecule has 0 N–H and O–H groups in total. The van der Waals surface area contributed by atoms with Crippen molar-refractivity contribution in [2.24, 2.45) is 0 Å². The Labute approximate surface area is 210 Å². The first kappa shape index (κ1) is 24.0. The molecule has 5 rings (SSSR count). The first-order valence-electron chi connectivity index (χ1n) is 11.8. The van der Waals surface area contributed by atoms with E-state index in [-0.39, 0.29) is 0 Å². The standard InChI is InChI=1S/C32H26F3P/c33-32(34,35)27-21-23-31(24-22-27)36(28-15-7-2-8-16-28,29-17-9-3-10-18-29,30-19-11-4-12-20-30)25-26-13-5-1-6-14-26/h1-24H,25H2. The van der Waals surface area contributed by atoms with Gasteiger partial charge in [0.25, 0.3) is 0 Å². The minimum absolute atomic E-state index is 0.642. The van der Waals surface area contributed by atoms with Crippen molar-refractivity contribution in [2.75, 3.05) is 0 Å². The molecule has 0 radical (unpaired) electrons. The van der Waals surface area contributed by atoms with Gasteiger partial charge in [-0.2, -0.15) is 0 Å². The topological polar surface area (TPSA) is 0 Å². The van der Waals surface area contributed by atoms with Crippen molar-refractivity contribution in [1.82, 2.24) is 0 Å². The molecule has 0 bridgehead atoms. The second-order valence-electron chi connectivity index (χ2n) is 9.00. The Morgan fingerprint density at radius 2 is 0.750 bits per heavy atom. The molecular formula is C32H26F3P. The van der Waals surface area contributed by atoms with E-state index in [2.05, 4.69) is 48.5 Å². The van der Waals surface area contributed by atoms with Crippen LogP contribution < -0.4 is 21.2 Å². The fourth-order valence-electron chi connectivity index (χ4n) is 5.46. The Hall–Kier alpha value is -3.68. The van der Waals surface area contributed by atoms with Gasteiger partial charge in [-0.3, -0.25) is 0 Å². The molecule has 0 aliphatic rings. The van der Waals surface area contributed by atoms with Crippen LogP contribution in [-0.4, -0.2) is 0 Å². The molecule has 0 atom stereocenters. The maximum atomic E-state index is 13.6. The molecule has 0 aliphatic carbocycles. The van der Waals surface area contributed by atoms with Crippen molar-refractivity contribution >= 4 is 27.8 Å². The number of alkyl halides is 3. The van der Waals surface area contributed by atoms with Crippen LogP contribution >= 0.6 is 6.60 Å². The van der Waals surface area contributed by atoms with E-state index in [0.29, 0.717) is 6.16 Å². The molecule has 180 valence electrons. The molecule has 0 amide bonds. The fourth-order valence-corrected chi connectivity index (χ4v) is 12.2. The Morgan fingerprint density at radius 3 is 1.11 bits per heavy atom. The summed E-state index contributed by atoms with van der Waals surface area (Å²) in [6, 6.07) is 47.1. The van der Waals surface area contributed by atoms with Crippen molar-refractivity contribution in [3.8, 4) is 0 Å². The minimum atomic E-state index is -4.40. The van der Waals surface area contributed by atoms with Gasteiger partial charge in [0.15, 0.2) is 0 Å². The Bertz CT molecular complexity index is 1310. The normalized spacial score (nSPS) is 13.0. The summed E-state index contributed by atoms with van der Waals surface area (Å²) in [6.45, 7) is -3.57. The third-order valence-corrected chi connectivity index (χ3v) is 13.8. The Balaban J connectivity index is 2.00. The molecule has 0 aromatic heterocycles. The number of hydrogen-bond acceptors (Lipinski definition) is 0. The van der Waals surface area contributed by atoms with Gasteiger partial charge in [-0.05, 0) is 0 Å². The summed E-state index contributed by atoms with van der Waals surface area (Å²) in [7, 11) is 0. The van der Waals surface area contributed by atoms with Gasteiger partial charge < -0.3 is 0 Å². The number of hydrogen-bond donors (Lipinski definition) is 0. The van der Waals surface area contributed by atoms with Crippen LogP contribution in [0.2, 0.25) is 0 Å². The Morgan fingerprint density at radius 1 is 0.417 bits per heavy atom. The van der Waals surface area contributed by atoms with Crippen LogP contribution in [0.4, 0.5) is 13.2 Å². The van der Waals surface area contributed by atoms with Gasteiger partial charge >= 0.3 is 210 Å². The summed E-state index contributed by atoms with van der Waals surface area (Å²) in [4.78, 5) is 0. The predicted molar refractivity (Wildman–Crippen MR) is 146 cm³/mol. The number of halogens is 3. The van der Waals surface area contributed by atoms with Crippen molar-refractivity contribution in [2.45, 2.75) is 12.3 Å². The van der Waals surface area contributed by atoms with Crippen molar-refractivity contribution in [1.29, 1.82) is 0 Å². The van der Waals surface area contributed by atoms with Gasteiger partial charge in [-0.25, -0.2) is 0 Å². The van der Waals surface area contributed by atoms with Gasteiger partial charge in [0.2, 0.25) is 0 Å². The van der Waals surface area contributed by atoms with E-state index in [0.717, 1.165) is 26.8 Å². The molecule has 0 saturated carbocycles. The summed E-state index contributed by atoms with van der Waals surface area (Å²) in [5.74, 6) is 0. The molecule has 0 aliphatic heterocycles. The molecular weight excluding hydrogens is 472 g/mol. The predicted octanol–water partition coefficient (Wildman–Crippen LogP) is 7.06. The molecule has 0 spiro atoms. The monoisotopic (exact) mass is 498 g/mol. The zero-order chi connectivity index (χ0) is 25.1. The van der Waals surface area contributed by atoms with E-state index in [1.165, 1.54) is 12.1 Å². The molecule has 5 aromatic carbocycles. The van der Waals surface area contributed by atoms with Crippen LogP contribution in [0.3, 0.4) is 0 Å². The van der Waals surface area contributed by atoms with E-state index in [9.17, 15) is 13.2 Å². The number of benzene rings is 5. The maximum absolute atomic E-state index is 13.6. The van der Waals surface area contributed by atoms with Crippen LogP contribution in [-0.2, 0) is 12.3 Å². The van der Waals surface area contributed by atoms with Crippen LogP contribution in [0.5, 0.6) is 0 Å². The zero-order valence-corrected chi connectivity index (χ0v) is 20.5. The van der Waals surface area contributed by atoms with Crippen LogP contribution in [0.25, 0.3) is 0 Å². The molecule has 0 fully saturated rings. The first-order chi connectivity index (χ1) is 17.4. The summed E-state index contributed by atoms with van der Waals surface area (Å²) in [5, 5.41) is 4.25. The second kappa shape index (κ2) is 9.41. The molecule has 0 heterocycles. The molecule has 0 saturated heterocycles.